The lowest BCUT2D eigenvalue weighted by molar-refractivity contribution is -0.141. The molecule has 5 heteroatoms. The third-order valence-electron chi connectivity index (χ3n) is 2.39. The van der Waals surface area contributed by atoms with E-state index in [1.54, 1.807) is 21.1 Å². The Hall–Kier alpha value is -0.913. The molecule has 0 bridgehead atoms. The Balaban J connectivity index is 0. The monoisotopic (exact) mass is 288 g/mol. The van der Waals surface area contributed by atoms with Gasteiger partial charge >= 0.3 is 5.97 Å². The molecule has 1 atom stereocenters. The second-order valence-electron chi connectivity index (χ2n) is 4.02. The number of methoxy groups -OCH3 is 2. The van der Waals surface area contributed by atoms with Crippen LogP contribution >= 0.6 is 0 Å². The van der Waals surface area contributed by atoms with Gasteiger partial charge < -0.3 is 14.2 Å². The van der Waals surface area contributed by atoms with E-state index in [-0.39, 0.29) is 17.6 Å². The highest BCUT2D eigenvalue weighted by Gasteiger charge is 2.19. The highest BCUT2D eigenvalue weighted by Crippen LogP contribution is 2.04. The van der Waals surface area contributed by atoms with Gasteiger partial charge in [-0.3, -0.25) is 0 Å². The highest BCUT2D eigenvalue weighted by molar-refractivity contribution is 6.38. The van der Waals surface area contributed by atoms with E-state index in [4.69, 9.17) is 14.2 Å². The molecule has 0 aliphatic carbocycles. The van der Waals surface area contributed by atoms with E-state index in [0.717, 1.165) is 6.42 Å². The van der Waals surface area contributed by atoms with Crippen LogP contribution < -0.4 is 0 Å². The van der Waals surface area contributed by atoms with Crippen LogP contribution in [-0.2, 0) is 19.0 Å². The minimum Gasteiger partial charge on any atom is -0.463 e. The molecule has 0 aromatic heterocycles. The van der Waals surface area contributed by atoms with Crippen molar-refractivity contribution in [2.24, 2.45) is 0 Å². The number of carbonyl (C=O) groups is 1. The maximum atomic E-state index is 11.3. The van der Waals surface area contributed by atoms with Gasteiger partial charge in [-0.2, -0.15) is 0 Å². The number of carbonyl (C=O) groups excluding carboxylic acids is 1. The van der Waals surface area contributed by atoms with E-state index in [1.807, 2.05) is 32.9 Å². The van der Waals surface area contributed by atoms with Gasteiger partial charge in [0.1, 0.15) is 15.4 Å². The Bertz CT molecular complexity index is 269. The molecule has 1 unspecified atom stereocenters. The minimum absolute atomic E-state index is 0.0564. The molecule has 0 aliphatic rings. The second kappa shape index (κ2) is 13.5. The first-order valence-electron chi connectivity index (χ1n) is 6.46. The molecule has 0 saturated heterocycles. The van der Waals surface area contributed by atoms with E-state index in [2.05, 4.69) is 6.58 Å². The molecule has 0 amide bonds. The van der Waals surface area contributed by atoms with Crippen LogP contribution in [-0.4, -0.2) is 41.3 Å². The fourth-order valence-electron chi connectivity index (χ4n) is 1.05. The van der Waals surface area contributed by atoms with Crippen molar-refractivity contribution in [3.63, 3.8) is 0 Å². The summed E-state index contributed by atoms with van der Waals surface area (Å²) in [7, 11) is 2.42. The summed E-state index contributed by atoms with van der Waals surface area (Å²) < 4.78 is 15.5. The number of ether oxygens (including phenoxy) is 3. The van der Waals surface area contributed by atoms with Crippen LogP contribution in [0.2, 0.25) is 0 Å². The molecule has 0 rings (SSSR count). The van der Waals surface area contributed by atoms with Crippen LogP contribution in [0, 0.1) is 0 Å². The third kappa shape index (κ3) is 11.9. The van der Waals surface area contributed by atoms with Crippen molar-refractivity contribution in [3.8, 4) is 0 Å². The molecular weight excluding hydrogens is 260 g/mol. The van der Waals surface area contributed by atoms with Gasteiger partial charge in [0, 0.05) is 19.8 Å². The quantitative estimate of drug-likeness (QED) is 0.237. The van der Waals surface area contributed by atoms with E-state index in [1.165, 1.54) is 0 Å². The summed E-state index contributed by atoms with van der Waals surface area (Å²) in [5.74, 6) is -0.534. The lowest BCUT2D eigenvalue weighted by Gasteiger charge is -2.20. The molecule has 0 saturated carbocycles. The predicted molar refractivity (Wildman–Crippen MR) is 81.8 cm³/mol. The van der Waals surface area contributed by atoms with Gasteiger partial charge in [-0.1, -0.05) is 25.7 Å². The summed E-state index contributed by atoms with van der Waals surface area (Å²) in [6, 6.07) is 0. The van der Waals surface area contributed by atoms with E-state index in [9.17, 15) is 4.79 Å². The predicted octanol–water partition coefficient (Wildman–Crippen LogP) is 2.17. The Labute approximate surface area is 119 Å². The van der Waals surface area contributed by atoms with Crippen molar-refractivity contribution in [3.05, 3.63) is 24.3 Å². The van der Waals surface area contributed by atoms with Crippen molar-refractivity contribution in [2.45, 2.75) is 45.8 Å². The zero-order chi connectivity index (χ0) is 15.3. The van der Waals surface area contributed by atoms with Crippen molar-refractivity contribution in [1.82, 2.24) is 0 Å². The number of hydrogen-bond donors (Lipinski definition) is 0. The van der Waals surface area contributed by atoms with Crippen molar-refractivity contribution in [1.29, 1.82) is 0 Å². The fourth-order valence-corrected chi connectivity index (χ4v) is 2.45. The van der Waals surface area contributed by atoms with Crippen LogP contribution in [0.5, 0.6) is 0 Å². The highest BCUT2D eigenvalue weighted by atomic mass is 28.2. The normalized spacial score (nSPS) is 12.6. The largest absolute Gasteiger partial charge is 0.463 e. The first-order valence-corrected chi connectivity index (χ1v) is 8.09. The van der Waals surface area contributed by atoms with Crippen molar-refractivity contribution >= 4 is 15.5 Å². The fraction of sp³-hybridized carbons (Fsp3) is 0.643. The van der Waals surface area contributed by atoms with E-state index in [0.29, 0.717) is 5.57 Å². The van der Waals surface area contributed by atoms with Gasteiger partial charge in [0.25, 0.3) is 0 Å². The molecule has 4 nitrogen and oxygen atoms in total. The standard InChI is InChI=1S/C10H20O4Si.C4H8/c1-6-8(14-9(11)7(2)3)15-10(12-4)13-5;1-3-4-2/h8,10H,2,6,15H2,1,3-5H3;3-4H,1-2H3. The smallest absolute Gasteiger partial charge is 0.333 e. The summed E-state index contributed by atoms with van der Waals surface area (Å²) in [5.41, 5.74) is 0.368. The van der Waals surface area contributed by atoms with Crippen LogP contribution in [0.3, 0.4) is 0 Å². The summed E-state index contributed by atoms with van der Waals surface area (Å²) in [4.78, 5) is 11.3. The van der Waals surface area contributed by atoms with Crippen LogP contribution in [0.4, 0.5) is 0 Å². The average molecular weight is 288 g/mol. The Morgan fingerprint density at radius 1 is 1.26 bits per heavy atom. The maximum Gasteiger partial charge on any atom is 0.333 e. The summed E-state index contributed by atoms with van der Waals surface area (Å²) >= 11 is 0. The van der Waals surface area contributed by atoms with Gasteiger partial charge in [-0.25, -0.2) is 4.79 Å². The Morgan fingerprint density at radius 3 is 2.00 bits per heavy atom. The van der Waals surface area contributed by atoms with Crippen LogP contribution in [0.25, 0.3) is 0 Å². The molecular formula is C14H28O4Si. The molecule has 0 aromatic rings. The molecule has 0 fully saturated rings. The number of allylic oxidation sites excluding steroid dienone is 2. The van der Waals surface area contributed by atoms with Crippen LogP contribution in [0.1, 0.15) is 34.1 Å². The Kier molecular flexibility index (Phi) is 14.5. The van der Waals surface area contributed by atoms with Gasteiger partial charge in [0.15, 0.2) is 0 Å². The molecule has 0 aromatic carbocycles. The van der Waals surface area contributed by atoms with Gasteiger partial charge in [-0.15, -0.1) is 0 Å². The summed E-state index contributed by atoms with van der Waals surface area (Å²) in [6.07, 6.45) is 4.79. The summed E-state index contributed by atoms with van der Waals surface area (Å²) in [6.45, 7) is 11.2. The average Bonchev–Trinajstić information content (AvgIpc) is 2.43. The SMILES string of the molecule is C=C(C)C(=O)OC(CC)[SiH2]C(OC)OC.CC=CC. The number of rotatable bonds is 7. The zero-order valence-electron chi connectivity index (χ0n) is 13.1. The Morgan fingerprint density at radius 2 is 1.74 bits per heavy atom. The third-order valence-corrected chi connectivity index (χ3v) is 4.71. The van der Waals surface area contributed by atoms with Crippen LogP contribution in [0.15, 0.2) is 24.3 Å². The maximum absolute atomic E-state index is 11.3. The second-order valence-corrected chi connectivity index (χ2v) is 6.07. The molecule has 0 N–H and O–H groups in total. The molecule has 19 heavy (non-hydrogen) atoms. The molecule has 0 radical (unpaired) electrons. The topological polar surface area (TPSA) is 44.8 Å². The molecule has 0 heterocycles. The van der Waals surface area contributed by atoms with Gasteiger partial charge in [-0.05, 0) is 27.2 Å². The lowest BCUT2D eigenvalue weighted by Crippen LogP contribution is -2.34. The molecule has 112 valence electrons. The number of hydrogen-bond acceptors (Lipinski definition) is 4. The first kappa shape index (κ1) is 20.4. The zero-order valence-corrected chi connectivity index (χ0v) is 14.5. The van der Waals surface area contributed by atoms with Crippen molar-refractivity contribution in [2.75, 3.05) is 14.2 Å². The molecule has 0 aliphatic heterocycles. The molecule has 0 spiro atoms. The minimum atomic E-state index is -0.764. The number of esters is 1. The van der Waals surface area contributed by atoms with Gasteiger partial charge in [0.05, 0.1) is 5.73 Å². The summed E-state index contributed by atoms with van der Waals surface area (Å²) in [5, 5.41) is 0. The first-order chi connectivity index (χ1) is 8.96. The van der Waals surface area contributed by atoms with E-state index >= 15 is 0 Å². The van der Waals surface area contributed by atoms with Crippen molar-refractivity contribution < 1.29 is 19.0 Å². The van der Waals surface area contributed by atoms with E-state index < -0.39 is 9.52 Å². The lowest BCUT2D eigenvalue weighted by atomic mass is 10.4. The van der Waals surface area contributed by atoms with Gasteiger partial charge in [0.2, 0.25) is 0 Å².